The van der Waals surface area contributed by atoms with Crippen molar-refractivity contribution in [1.29, 1.82) is 0 Å². The first-order valence-electron chi connectivity index (χ1n) is 8.57. The van der Waals surface area contributed by atoms with Crippen LogP contribution in [0.5, 0.6) is 23.0 Å². The number of methoxy groups -OCH3 is 2. The third-order valence-corrected chi connectivity index (χ3v) is 5.05. The highest BCUT2D eigenvalue weighted by atomic mass is 32.1. The number of benzene rings is 2. The molecule has 1 amide bonds. The molecule has 1 aliphatic heterocycles. The van der Waals surface area contributed by atoms with E-state index < -0.39 is 0 Å². The average molecular weight is 398 g/mol. The molecule has 7 nitrogen and oxygen atoms in total. The molecule has 0 radical (unpaired) electrons. The second-order valence-electron chi connectivity index (χ2n) is 5.89. The van der Waals surface area contributed by atoms with Crippen LogP contribution in [0, 0.1) is 0 Å². The van der Waals surface area contributed by atoms with E-state index in [0.29, 0.717) is 52.6 Å². The zero-order valence-corrected chi connectivity index (χ0v) is 16.2. The number of amides is 1. The molecule has 0 saturated heterocycles. The molecule has 3 aromatic rings. The number of fused-ring (bicyclic) bond motifs is 1. The fraction of sp³-hybridized carbons (Fsp3) is 0.200. The van der Waals surface area contributed by atoms with Gasteiger partial charge < -0.3 is 24.3 Å². The maximum absolute atomic E-state index is 12.6. The highest BCUT2D eigenvalue weighted by Crippen LogP contribution is 2.39. The van der Waals surface area contributed by atoms with Gasteiger partial charge in [-0.15, -0.1) is 11.3 Å². The molecule has 2 aromatic carbocycles. The van der Waals surface area contributed by atoms with Crippen molar-refractivity contribution in [3.8, 4) is 33.6 Å². The zero-order valence-electron chi connectivity index (χ0n) is 15.4. The first kappa shape index (κ1) is 18.1. The quantitative estimate of drug-likeness (QED) is 0.703. The van der Waals surface area contributed by atoms with E-state index in [0.717, 1.165) is 5.56 Å². The fourth-order valence-electron chi connectivity index (χ4n) is 2.87. The molecule has 28 heavy (non-hydrogen) atoms. The van der Waals surface area contributed by atoms with Crippen LogP contribution in [0.4, 0.5) is 5.69 Å². The Kier molecular flexibility index (Phi) is 5.03. The largest absolute Gasteiger partial charge is 0.493 e. The van der Waals surface area contributed by atoms with E-state index in [1.165, 1.54) is 11.3 Å². The lowest BCUT2D eigenvalue weighted by Gasteiger charge is -2.18. The molecule has 0 saturated carbocycles. The number of rotatable bonds is 5. The highest BCUT2D eigenvalue weighted by molar-refractivity contribution is 7.13. The third-order valence-electron chi connectivity index (χ3n) is 4.17. The van der Waals surface area contributed by atoms with Crippen LogP contribution in [0.2, 0.25) is 0 Å². The normalized spacial score (nSPS) is 12.4. The SMILES string of the molecule is COc1cccc(-c2nc(C(=O)Nc3ccc4c(c3)OCCO4)cs2)c1OC. The van der Waals surface area contributed by atoms with Crippen LogP contribution in [0.25, 0.3) is 10.6 Å². The van der Waals surface area contributed by atoms with Gasteiger partial charge in [0.1, 0.15) is 23.9 Å². The Morgan fingerprint density at radius 1 is 1.11 bits per heavy atom. The molecule has 0 aliphatic carbocycles. The van der Waals surface area contributed by atoms with Gasteiger partial charge in [0.15, 0.2) is 23.0 Å². The molecule has 2 heterocycles. The van der Waals surface area contributed by atoms with Crippen LogP contribution in [-0.2, 0) is 0 Å². The summed E-state index contributed by atoms with van der Waals surface area (Å²) in [6.07, 6.45) is 0. The van der Waals surface area contributed by atoms with Crippen LogP contribution in [0.1, 0.15) is 10.5 Å². The number of carbonyl (C=O) groups excluding carboxylic acids is 1. The zero-order chi connectivity index (χ0) is 19.5. The maximum Gasteiger partial charge on any atom is 0.275 e. The minimum Gasteiger partial charge on any atom is -0.493 e. The molecule has 1 N–H and O–H groups in total. The summed E-state index contributed by atoms with van der Waals surface area (Å²) in [7, 11) is 3.15. The van der Waals surface area contributed by atoms with Crippen LogP contribution in [0.15, 0.2) is 41.8 Å². The molecule has 8 heteroatoms. The number of para-hydroxylation sites is 1. The molecule has 144 valence electrons. The van der Waals surface area contributed by atoms with E-state index >= 15 is 0 Å². The molecule has 0 fully saturated rings. The van der Waals surface area contributed by atoms with Crippen molar-refractivity contribution in [3.05, 3.63) is 47.5 Å². The molecular formula is C20H18N2O5S. The van der Waals surface area contributed by atoms with E-state index in [-0.39, 0.29) is 5.91 Å². The Morgan fingerprint density at radius 3 is 2.71 bits per heavy atom. The summed E-state index contributed by atoms with van der Waals surface area (Å²) in [6, 6.07) is 10.8. The van der Waals surface area contributed by atoms with Gasteiger partial charge in [0.2, 0.25) is 0 Å². The maximum atomic E-state index is 12.6. The topological polar surface area (TPSA) is 78.9 Å². The Hall–Kier alpha value is -3.26. The van der Waals surface area contributed by atoms with Gasteiger partial charge in [-0.2, -0.15) is 0 Å². The Morgan fingerprint density at radius 2 is 1.93 bits per heavy atom. The molecule has 0 spiro atoms. The number of anilines is 1. The summed E-state index contributed by atoms with van der Waals surface area (Å²) in [4.78, 5) is 17.1. The van der Waals surface area contributed by atoms with Gasteiger partial charge >= 0.3 is 0 Å². The standard InChI is InChI=1S/C20H18N2O5S/c1-24-16-5-3-4-13(18(16)25-2)20-22-14(11-28-20)19(23)21-12-6-7-15-17(10-12)27-9-8-26-15/h3-7,10-11H,8-9H2,1-2H3,(H,21,23). The molecule has 0 unspecified atom stereocenters. The predicted octanol–water partition coefficient (Wildman–Crippen LogP) is 3.85. The minimum absolute atomic E-state index is 0.305. The van der Waals surface area contributed by atoms with Gasteiger partial charge in [-0.25, -0.2) is 4.98 Å². The summed E-state index contributed by atoms with van der Waals surface area (Å²) >= 11 is 1.36. The lowest BCUT2D eigenvalue weighted by atomic mass is 10.2. The number of ether oxygens (including phenoxy) is 4. The second kappa shape index (κ2) is 7.77. The minimum atomic E-state index is -0.305. The van der Waals surface area contributed by atoms with E-state index in [1.807, 2.05) is 18.2 Å². The Labute approximate surface area is 165 Å². The number of nitrogens with zero attached hydrogens (tertiary/aromatic N) is 1. The van der Waals surface area contributed by atoms with Crippen molar-refractivity contribution in [1.82, 2.24) is 4.98 Å². The summed E-state index contributed by atoms with van der Waals surface area (Å²) in [6.45, 7) is 1.01. The van der Waals surface area contributed by atoms with E-state index in [9.17, 15) is 4.79 Å². The van der Waals surface area contributed by atoms with Crippen LogP contribution >= 0.6 is 11.3 Å². The van der Waals surface area contributed by atoms with Crippen molar-refractivity contribution in [2.24, 2.45) is 0 Å². The fourth-order valence-corrected chi connectivity index (χ4v) is 3.70. The lowest BCUT2D eigenvalue weighted by Crippen LogP contribution is -2.16. The van der Waals surface area contributed by atoms with Crippen molar-refractivity contribution < 1.29 is 23.7 Å². The second-order valence-corrected chi connectivity index (χ2v) is 6.75. The van der Waals surface area contributed by atoms with Gasteiger partial charge in [-0.1, -0.05) is 6.07 Å². The van der Waals surface area contributed by atoms with Crippen molar-refractivity contribution in [2.45, 2.75) is 0 Å². The first-order chi connectivity index (χ1) is 13.7. The molecule has 1 aromatic heterocycles. The van der Waals surface area contributed by atoms with Gasteiger partial charge in [0.25, 0.3) is 5.91 Å². The molecular weight excluding hydrogens is 380 g/mol. The van der Waals surface area contributed by atoms with Gasteiger partial charge in [-0.05, 0) is 24.3 Å². The molecule has 0 bridgehead atoms. The lowest BCUT2D eigenvalue weighted by molar-refractivity contribution is 0.102. The Bertz CT molecular complexity index is 1020. The summed E-state index contributed by atoms with van der Waals surface area (Å²) < 4.78 is 21.8. The van der Waals surface area contributed by atoms with Crippen molar-refractivity contribution >= 4 is 22.9 Å². The smallest absolute Gasteiger partial charge is 0.275 e. The van der Waals surface area contributed by atoms with E-state index in [4.69, 9.17) is 18.9 Å². The summed E-state index contributed by atoms with van der Waals surface area (Å²) in [5, 5.41) is 5.22. The van der Waals surface area contributed by atoms with Crippen LogP contribution < -0.4 is 24.3 Å². The van der Waals surface area contributed by atoms with Gasteiger partial charge in [0, 0.05) is 17.1 Å². The number of aromatic nitrogens is 1. The summed E-state index contributed by atoms with van der Waals surface area (Å²) in [5.41, 5.74) is 1.70. The number of hydrogen-bond donors (Lipinski definition) is 1. The van der Waals surface area contributed by atoms with Gasteiger partial charge in [-0.3, -0.25) is 4.79 Å². The predicted molar refractivity (Wildman–Crippen MR) is 106 cm³/mol. The summed E-state index contributed by atoms with van der Waals surface area (Å²) in [5.74, 6) is 2.17. The van der Waals surface area contributed by atoms with Crippen LogP contribution in [-0.4, -0.2) is 38.3 Å². The number of thiazole rings is 1. The van der Waals surface area contributed by atoms with E-state index in [1.54, 1.807) is 37.8 Å². The first-order valence-corrected chi connectivity index (χ1v) is 9.45. The van der Waals surface area contributed by atoms with Crippen LogP contribution in [0.3, 0.4) is 0 Å². The monoisotopic (exact) mass is 398 g/mol. The highest BCUT2D eigenvalue weighted by Gasteiger charge is 2.18. The molecule has 4 rings (SSSR count). The molecule has 0 atom stereocenters. The van der Waals surface area contributed by atoms with E-state index in [2.05, 4.69) is 10.3 Å². The Balaban J connectivity index is 1.56. The van der Waals surface area contributed by atoms with Crippen molar-refractivity contribution in [3.63, 3.8) is 0 Å². The average Bonchev–Trinajstić information content (AvgIpc) is 3.23. The molecule has 1 aliphatic rings. The third kappa shape index (κ3) is 3.46. The number of carbonyl (C=O) groups is 1. The number of nitrogens with one attached hydrogen (secondary N) is 1. The number of hydrogen-bond acceptors (Lipinski definition) is 7. The van der Waals surface area contributed by atoms with Crippen molar-refractivity contribution in [2.75, 3.05) is 32.8 Å². The van der Waals surface area contributed by atoms with Gasteiger partial charge in [0.05, 0.1) is 19.8 Å².